The first-order valence-electron chi connectivity index (χ1n) is 14.0. The highest BCUT2D eigenvalue weighted by molar-refractivity contribution is 5.95. The van der Waals surface area contributed by atoms with Crippen LogP contribution in [0.3, 0.4) is 0 Å². The maximum absolute atomic E-state index is 13.5. The van der Waals surface area contributed by atoms with Crippen LogP contribution in [0.5, 0.6) is 11.5 Å². The molecule has 2 atom stereocenters. The summed E-state index contributed by atoms with van der Waals surface area (Å²) in [5.41, 5.74) is 4.82. The SMILES string of the molecule is COC(=O)C(Cc1cccc(C#N)c1)C(CCc1ccccc1)NC(=O)c1ccc(-c2ccc3c(c2)OCCO3)cc1. The molecule has 4 aromatic carbocycles. The average Bonchev–Trinajstić information content (AvgIpc) is 3.05. The summed E-state index contributed by atoms with van der Waals surface area (Å²) in [6, 6.07) is 31.9. The molecule has 0 saturated carbocycles. The topological polar surface area (TPSA) is 97.7 Å². The van der Waals surface area contributed by atoms with E-state index < -0.39 is 17.9 Å². The zero-order valence-electron chi connectivity index (χ0n) is 23.4. The third-order valence-electron chi connectivity index (χ3n) is 7.43. The third-order valence-corrected chi connectivity index (χ3v) is 7.43. The number of amides is 1. The molecule has 0 fully saturated rings. The van der Waals surface area contributed by atoms with Gasteiger partial charge in [-0.25, -0.2) is 0 Å². The maximum Gasteiger partial charge on any atom is 0.311 e. The fourth-order valence-corrected chi connectivity index (χ4v) is 5.19. The van der Waals surface area contributed by atoms with Gasteiger partial charge in [0.2, 0.25) is 0 Å². The van der Waals surface area contributed by atoms with Crippen LogP contribution < -0.4 is 14.8 Å². The number of methoxy groups -OCH3 is 1. The van der Waals surface area contributed by atoms with Crippen LogP contribution >= 0.6 is 0 Å². The van der Waals surface area contributed by atoms with E-state index in [2.05, 4.69) is 11.4 Å². The first-order chi connectivity index (χ1) is 20.5. The molecule has 1 N–H and O–H groups in total. The predicted molar refractivity (Wildman–Crippen MR) is 159 cm³/mol. The maximum atomic E-state index is 13.5. The summed E-state index contributed by atoms with van der Waals surface area (Å²) in [7, 11) is 1.35. The number of carbonyl (C=O) groups excluding carboxylic acids is 2. The monoisotopic (exact) mass is 560 g/mol. The number of esters is 1. The largest absolute Gasteiger partial charge is 0.486 e. The molecule has 0 radical (unpaired) electrons. The van der Waals surface area contributed by atoms with Crippen LogP contribution in [-0.4, -0.2) is 38.2 Å². The number of fused-ring (bicyclic) bond motifs is 1. The smallest absolute Gasteiger partial charge is 0.311 e. The second kappa shape index (κ2) is 13.5. The Balaban J connectivity index is 1.37. The Morgan fingerprint density at radius 1 is 0.857 bits per heavy atom. The lowest BCUT2D eigenvalue weighted by molar-refractivity contribution is -0.146. The molecule has 2 unspecified atom stereocenters. The lowest BCUT2D eigenvalue weighted by atomic mass is 9.87. The summed E-state index contributed by atoms with van der Waals surface area (Å²) in [5.74, 6) is 0.0952. The summed E-state index contributed by atoms with van der Waals surface area (Å²) in [4.78, 5) is 26.6. The Morgan fingerprint density at radius 2 is 1.57 bits per heavy atom. The highest BCUT2D eigenvalue weighted by Crippen LogP contribution is 2.34. The second-order valence-corrected chi connectivity index (χ2v) is 10.2. The molecule has 1 aliphatic rings. The highest BCUT2D eigenvalue weighted by Gasteiger charge is 2.31. The lowest BCUT2D eigenvalue weighted by Gasteiger charge is -2.27. The van der Waals surface area contributed by atoms with Crippen molar-refractivity contribution in [1.82, 2.24) is 5.32 Å². The van der Waals surface area contributed by atoms with Gasteiger partial charge < -0.3 is 19.5 Å². The van der Waals surface area contributed by atoms with E-state index in [0.717, 1.165) is 28.0 Å². The van der Waals surface area contributed by atoms with Gasteiger partial charge >= 0.3 is 5.97 Å². The minimum Gasteiger partial charge on any atom is -0.486 e. The fourth-order valence-electron chi connectivity index (χ4n) is 5.19. The van der Waals surface area contributed by atoms with Gasteiger partial charge in [-0.3, -0.25) is 9.59 Å². The van der Waals surface area contributed by atoms with Crippen molar-refractivity contribution in [2.24, 2.45) is 5.92 Å². The van der Waals surface area contributed by atoms with Crippen molar-refractivity contribution in [2.45, 2.75) is 25.3 Å². The van der Waals surface area contributed by atoms with E-state index in [9.17, 15) is 14.9 Å². The van der Waals surface area contributed by atoms with Crippen LogP contribution in [0.2, 0.25) is 0 Å². The standard InChI is InChI=1S/C35H32N2O5/c1-40-35(39)30(21-25-8-5-9-26(20-25)23-36)31(16-10-24-6-3-2-4-7-24)37-34(38)28-13-11-27(12-14-28)29-15-17-32-33(22-29)42-19-18-41-32/h2-9,11-15,17,20,22,30-31H,10,16,18-19,21H2,1H3,(H,37,38). The molecular formula is C35H32N2O5. The summed E-state index contributed by atoms with van der Waals surface area (Å²) in [6.07, 6.45) is 1.52. The molecular weight excluding hydrogens is 528 g/mol. The zero-order valence-corrected chi connectivity index (χ0v) is 23.4. The van der Waals surface area contributed by atoms with Gasteiger partial charge in [0.15, 0.2) is 11.5 Å². The number of aryl methyl sites for hydroxylation is 1. The van der Waals surface area contributed by atoms with Crippen molar-refractivity contribution < 1.29 is 23.8 Å². The molecule has 0 spiro atoms. The summed E-state index contributed by atoms with van der Waals surface area (Å²) in [6.45, 7) is 1.04. The molecule has 1 heterocycles. The Bertz CT molecular complexity index is 1580. The highest BCUT2D eigenvalue weighted by atomic mass is 16.6. The molecule has 0 bridgehead atoms. The van der Waals surface area contributed by atoms with Crippen molar-refractivity contribution in [3.05, 3.63) is 119 Å². The van der Waals surface area contributed by atoms with Crippen molar-refractivity contribution in [3.8, 4) is 28.7 Å². The van der Waals surface area contributed by atoms with E-state index in [1.165, 1.54) is 7.11 Å². The molecule has 5 rings (SSSR count). The summed E-state index contributed by atoms with van der Waals surface area (Å²) in [5, 5.41) is 12.5. The van der Waals surface area contributed by atoms with E-state index in [4.69, 9.17) is 14.2 Å². The summed E-state index contributed by atoms with van der Waals surface area (Å²) >= 11 is 0. The molecule has 7 nitrogen and oxygen atoms in total. The number of nitrogens with one attached hydrogen (secondary N) is 1. The normalized spacial score (nSPS) is 13.3. The number of ether oxygens (including phenoxy) is 3. The Hall–Kier alpha value is -5.09. The Labute approximate surface area is 245 Å². The minimum atomic E-state index is -0.645. The van der Waals surface area contributed by atoms with E-state index in [0.29, 0.717) is 49.4 Å². The number of nitrogens with zero attached hydrogens (tertiary/aromatic N) is 1. The Kier molecular flexibility index (Phi) is 9.15. The van der Waals surface area contributed by atoms with Gasteiger partial charge in [0.25, 0.3) is 5.91 Å². The van der Waals surface area contributed by atoms with Gasteiger partial charge in [-0.1, -0.05) is 60.7 Å². The second-order valence-electron chi connectivity index (χ2n) is 10.2. The van der Waals surface area contributed by atoms with Crippen LogP contribution in [-0.2, 0) is 22.4 Å². The van der Waals surface area contributed by atoms with Gasteiger partial charge in [-0.2, -0.15) is 5.26 Å². The molecule has 0 aliphatic carbocycles. The fraction of sp³-hybridized carbons (Fsp3) is 0.229. The van der Waals surface area contributed by atoms with Crippen molar-refractivity contribution in [2.75, 3.05) is 20.3 Å². The van der Waals surface area contributed by atoms with Crippen LogP contribution in [0, 0.1) is 17.2 Å². The quantitative estimate of drug-likeness (QED) is 0.248. The molecule has 1 aliphatic heterocycles. The summed E-state index contributed by atoms with van der Waals surface area (Å²) < 4.78 is 16.5. The molecule has 4 aromatic rings. The van der Waals surface area contributed by atoms with Gasteiger partial charge in [0, 0.05) is 11.6 Å². The number of hydrogen-bond acceptors (Lipinski definition) is 6. The zero-order chi connectivity index (χ0) is 29.3. The van der Waals surface area contributed by atoms with E-state index in [1.54, 1.807) is 30.3 Å². The molecule has 0 aromatic heterocycles. The number of carbonyl (C=O) groups is 2. The van der Waals surface area contributed by atoms with E-state index >= 15 is 0 Å². The minimum absolute atomic E-state index is 0.276. The predicted octanol–water partition coefficient (Wildman–Crippen LogP) is 5.76. The van der Waals surface area contributed by atoms with E-state index in [-0.39, 0.29) is 5.91 Å². The van der Waals surface area contributed by atoms with Crippen molar-refractivity contribution >= 4 is 11.9 Å². The van der Waals surface area contributed by atoms with Crippen LogP contribution in [0.1, 0.15) is 33.5 Å². The number of nitriles is 1. The lowest BCUT2D eigenvalue weighted by Crippen LogP contribution is -2.45. The van der Waals surface area contributed by atoms with Crippen molar-refractivity contribution in [1.29, 1.82) is 5.26 Å². The number of benzene rings is 4. The van der Waals surface area contributed by atoms with Crippen LogP contribution in [0.15, 0.2) is 97.1 Å². The molecule has 42 heavy (non-hydrogen) atoms. The third kappa shape index (κ3) is 6.97. The molecule has 1 amide bonds. The average molecular weight is 561 g/mol. The van der Waals surface area contributed by atoms with Gasteiger partial charge in [-0.15, -0.1) is 0 Å². The van der Waals surface area contributed by atoms with E-state index in [1.807, 2.05) is 66.7 Å². The first kappa shape index (κ1) is 28.4. The van der Waals surface area contributed by atoms with Gasteiger partial charge in [0.1, 0.15) is 13.2 Å². The number of rotatable bonds is 10. The first-order valence-corrected chi connectivity index (χ1v) is 14.0. The molecule has 212 valence electrons. The van der Waals surface area contributed by atoms with Crippen LogP contribution in [0.4, 0.5) is 0 Å². The molecule has 0 saturated heterocycles. The number of hydrogen-bond donors (Lipinski definition) is 1. The van der Waals surface area contributed by atoms with Crippen LogP contribution in [0.25, 0.3) is 11.1 Å². The molecule has 7 heteroatoms. The van der Waals surface area contributed by atoms with Crippen molar-refractivity contribution in [3.63, 3.8) is 0 Å². The van der Waals surface area contributed by atoms with Gasteiger partial charge in [0.05, 0.1) is 24.7 Å². The Morgan fingerprint density at radius 3 is 2.31 bits per heavy atom. The van der Waals surface area contributed by atoms with Gasteiger partial charge in [-0.05, 0) is 77.9 Å².